The van der Waals surface area contributed by atoms with Crippen LogP contribution in [-0.2, 0) is 9.53 Å². The number of hydrogen-bond donors (Lipinski definition) is 0. The second-order valence-corrected chi connectivity index (χ2v) is 3.71. The van der Waals surface area contributed by atoms with Gasteiger partial charge in [-0.05, 0) is 19.1 Å². The molecule has 0 amide bonds. The summed E-state index contributed by atoms with van der Waals surface area (Å²) in [5, 5.41) is 0. The van der Waals surface area contributed by atoms with E-state index in [-0.39, 0.29) is 18.2 Å². The Labute approximate surface area is 86.7 Å². The Morgan fingerprint density at radius 1 is 1.07 bits per heavy atom. The lowest BCUT2D eigenvalue weighted by Crippen LogP contribution is -2.42. The van der Waals surface area contributed by atoms with E-state index in [4.69, 9.17) is 14.2 Å². The lowest BCUT2D eigenvalue weighted by Gasteiger charge is -2.27. The SMILES string of the molecule is CC1OC(=O)C2Oc3ccccc3OC12. The molecule has 4 nitrogen and oxygen atoms in total. The first kappa shape index (κ1) is 8.59. The van der Waals surface area contributed by atoms with Gasteiger partial charge in [-0.2, -0.15) is 0 Å². The van der Waals surface area contributed by atoms with E-state index >= 15 is 0 Å². The van der Waals surface area contributed by atoms with Gasteiger partial charge >= 0.3 is 5.97 Å². The van der Waals surface area contributed by atoms with E-state index in [0.29, 0.717) is 11.5 Å². The number of fused-ring (bicyclic) bond motifs is 2. The highest BCUT2D eigenvalue weighted by molar-refractivity contribution is 5.79. The Balaban J connectivity index is 1.99. The van der Waals surface area contributed by atoms with Crippen molar-refractivity contribution in [3.8, 4) is 11.5 Å². The number of ether oxygens (including phenoxy) is 3. The number of carbonyl (C=O) groups is 1. The minimum atomic E-state index is -0.616. The molecule has 2 aliphatic rings. The summed E-state index contributed by atoms with van der Waals surface area (Å²) in [5.74, 6) is 0.927. The molecule has 0 spiro atoms. The standard InChI is InChI=1S/C11H10O4/c1-6-9-10(11(12)13-6)15-8-5-3-2-4-7(8)14-9/h2-6,9-10H,1H3. The molecule has 1 aromatic carbocycles. The molecule has 3 rings (SSSR count). The molecule has 1 aromatic rings. The molecule has 15 heavy (non-hydrogen) atoms. The third-order valence-corrected chi connectivity index (χ3v) is 2.66. The number of rotatable bonds is 0. The van der Waals surface area contributed by atoms with Gasteiger partial charge in [-0.3, -0.25) is 0 Å². The highest BCUT2D eigenvalue weighted by Gasteiger charge is 2.49. The smallest absolute Gasteiger partial charge is 0.351 e. The Morgan fingerprint density at radius 3 is 2.47 bits per heavy atom. The van der Waals surface area contributed by atoms with Crippen molar-refractivity contribution < 1.29 is 19.0 Å². The molecule has 0 aliphatic carbocycles. The molecule has 3 atom stereocenters. The van der Waals surface area contributed by atoms with Crippen LogP contribution in [-0.4, -0.2) is 24.3 Å². The van der Waals surface area contributed by atoms with Crippen LogP contribution in [0.15, 0.2) is 24.3 Å². The van der Waals surface area contributed by atoms with Crippen molar-refractivity contribution in [3.63, 3.8) is 0 Å². The van der Waals surface area contributed by atoms with Crippen molar-refractivity contribution in [2.75, 3.05) is 0 Å². The quantitative estimate of drug-likeness (QED) is 0.597. The lowest BCUT2D eigenvalue weighted by molar-refractivity contribution is -0.146. The summed E-state index contributed by atoms with van der Waals surface area (Å²) in [7, 11) is 0. The molecular weight excluding hydrogens is 196 g/mol. The number of para-hydroxylation sites is 2. The first-order valence-corrected chi connectivity index (χ1v) is 4.88. The summed E-state index contributed by atoms with van der Waals surface area (Å²) in [5.41, 5.74) is 0. The second kappa shape index (κ2) is 2.89. The van der Waals surface area contributed by atoms with Gasteiger partial charge in [0, 0.05) is 0 Å². The molecule has 78 valence electrons. The topological polar surface area (TPSA) is 44.8 Å². The van der Waals surface area contributed by atoms with Gasteiger partial charge in [-0.25, -0.2) is 4.79 Å². The molecule has 4 heteroatoms. The number of carbonyl (C=O) groups excluding carboxylic acids is 1. The molecule has 0 N–H and O–H groups in total. The zero-order valence-electron chi connectivity index (χ0n) is 8.17. The Morgan fingerprint density at radius 2 is 1.73 bits per heavy atom. The Hall–Kier alpha value is -1.71. The van der Waals surface area contributed by atoms with Crippen molar-refractivity contribution in [3.05, 3.63) is 24.3 Å². The molecular formula is C11H10O4. The predicted molar refractivity (Wildman–Crippen MR) is 50.8 cm³/mol. The maximum Gasteiger partial charge on any atom is 0.351 e. The van der Waals surface area contributed by atoms with E-state index in [1.807, 2.05) is 18.2 Å². The third kappa shape index (κ3) is 1.17. The van der Waals surface area contributed by atoms with Gasteiger partial charge in [0.25, 0.3) is 0 Å². The third-order valence-electron chi connectivity index (χ3n) is 2.66. The van der Waals surface area contributed by atoms with E-state index in [1.165, 1.54) is 0 Å². The first-order valence-electron chi connectivity index (χ1n) is 4.88. The van der Waals surface area contributed by atoms with Crippen molar-refractivity contribution in [2.24, 2.45) is 0 Å². The molecule has 2 aliphatic heterocycles. The summed E-state index contributed by atoms with van der Waals surface area (Å²) >= 11 is 0. The van der Waals surface area contributed by atoms with Crippen molar-refractivity contribution in [2.45, 2.75) is 25.2 Å². The van der Waals surface area contributed by atoms with Crippen LogP contribution in [0.1, 0.15) is 6.92 Å². The zero-order chi connectivity index (χ0) is 10.4. The summed E-state index contributed by atoms with van der Waals surface area (Å²) in [6, 6.07) is 7.31. The van der Waals surface area contributed by atoms with Crippen LogP contribution in [0.25, 0.3) is 0 Å². The summed E-state index contributed by atoms with van der Waals surface area (Å²) in [6.07, 6.45) is -1.20. The van der Waals surface area contributed by atoms with Crippen LogP contribution >= 0.6 is 0 Å². The van der Waals surface area contributed by atoms with E-state index in [1.54, 1.807) is 13.0 Å². The number of benzene rings is 1. The average molecular weight is 206 g/mol. The summed E-state index contributed by atoms with van der Waals surface area (Å²) < 4.78 is 16.3. The van der Waals surface area contributed by atoms with Gasteiger partial charge in [0.05, 0.1) is 0 Å². The van der Waals surface area contributed by atoms with Crippen molar-refractivity contribution in [1.82, 2.24) is 0 Å². The lowest BCUT2D eigenvalue weighted by atomic mass is 10.1. The van der Waals surface area contributed by atoms with E-state index in [9.17, 15) is 4.79 Å². The van der Waals surface area contributed by atoms with E-state index in [2.05, 4.69) is 0 Å². The molecule has 2 heterocycles. The summed E-state index contributed by atoms with van der Waals surface area (Å²) in [6.45, 7) is 1.81. The second-order valence-electron chi connectivity index (χ2n) is 3.71. The first-order chi connectivity index (χ1) is 7.25. The van der Waals surface area contributed by atoms with Crippen LogP contribution in [0.3, 0.4) is 0 Å². The molecule has 0 saturated carbocycles. The van der Waals surface area contributed by atoms with Gasteiger partial charge in [0.2, 0.25) is 6.10 Å². The largest absolute Gasteiger partial charge is 0.478 e. The van der Waals surface area contributed by atoms with Gasteiger partial charge in [0.15, 0.2) is 17.6 Å². The molecule has 3 unspecified atom stereocenters. The number of cyclic esters (lactones) is 1. The van der Waals surface area contributed by atoms with Crippen LogP contribution in [0.4, 0.5) is 0 Å². The monoisotopic (exact) mass is 206 g/mol. The fraction of sp³-hybridized carbons (Fsp3) is 0.364. The van der Waals surface area contributed by atoms with E-state index < -0.39 is 6.10 Å². The van der Waals surface area contributed by atoms with Gasteiger partial charge in [-0.15, -0.1) is 0 Å². The van der Waals surface area contributed by atoms with Crippen LogP contribution in [0.5, 0.6) is 11.5 Å². The molecule has 1 saturated heterocycles. The maximum absolute atomic E-state index is 11.4. The van der Waals surface area contributed by atoms with Crippen LogP contribution in [0, 0.1) is 0 Å². The van der Waals surface area contributed by atoms with E-state index in [0.717, 1.165) is 0 Å². The Kier molecular flexibility index (Phi) is 1.65. The molecule has 0 radical (unpaired) electrons. The van der Waals surface area contributed by atoms with Gasteiger partial charge in [-0.1, -0.05) is 12.1 Å². The predicted octanol–water partition coefficient (Wildman–Crippen LogP) is 1.14. The highest BCUT2D eigenvalue weighted by atomic mass is 16.7. The van der Waals surface area contributed by atoms with Crippen molar-refractivity contribution >= 4 is 5.97 Å². The van der Waals surface area contributed by atoms with Gasteiger partial charge < -0.3 is 14.2 Å². The zero-order valence-corrected chi connectivity index (χ0v) is 8.17. The van der Waals surface area contributed by atoms with Crippen LogP contribution in [0.2, 0.25) is 0 Å². The molecule has 1 fully saturated rings. The fourth-order valence-electron chi connectivity index (χ4n) is 1.90. The molecule has 0 aromatic heterocycles. The number of hydrogen-bond acceptors (Lipinski definition) is 4. The highest BCUT2D eigenvalue weighted by Crippen LogP contribution is 2.37. The summed E-state index contributed by atoms with van der Waals surface area (Å²) in [4.78, 5) is 11.4. The minimum Gasteiger partial charge on any atom is -0.478 e. The average Bonchev–Trinajstić information content (AvgIpc) is 2.52. The van der Waals surface area contributed by atoms with Crippen LogP contribution < -0.4 is 9.47 Å². The van der Waals surface area contributed by atoms with Crippen molar-refractivity contribution in [1.29, 1.82) is 0 Å². The normalized spacial score (nSPS) is 32.1. The minimum absolute atomic E-state index is 0.254. The maximum atomic E-state index is 11.4. The number of esters is 1. The molecule has 0 bridgehead atoms. The fourth-order valence-corrected chi connectivity index (χ4v) is 1.90. The Bertz CT molecular complexity index is 415. The van der Waals surface area contributed by atoms with Gasteiger partial charge in [0.1, 0.15) is 6.10 Å².